The summed E-state index contributed by atoms with van der Waals surface area (Å²) in [4.78, 5) is 2.07. The molecule has 1 aromatic heterocycles. The van der Waals surface area contributed by atoms with Gasteiger partial charge in [-0.25, -0.2) is 0 Å². The average molecular weight is 229 g/mol. The van der Waals surface area contributed by atoms with Gasteiger partial charge in [0.05, 0.1) is 12.7 Å². The molecule has 0 amide bonds. The van der Waals surface area contributed by atoms with Gasteiger partial charge in [0, 0.05) is 13.1 Å². The van der Waals surface area contributed by atoms with Crippen molar-refractivity contribution >= 4 is 22.4 Å². The van der Waals surface area contributed by atoms with Crippen LogP contribution in [-0.2, 0) is 0 Å². The fraction of sp³-hybridized carbons (Fsp3) is 0.667. The molecule has 5 nitrogen and oxygen atoms in total. The monoisotopic (exact) mass is 229 g/mol. The summed E-state index contributed by atoms with van der Waals surface area (Å²) >= 11 is 1.33. The number of aromatic nitrogens is 1. The van der Waals surface area contributed by atoms with Crippen LogP contribution < -0.4 is 15.4 Å². The molecule has 0 radical (unpaired) electrons. The van der Waals surface area contributed by atoms with Gasteiger partial charge in [-0.3, -0.25) is 0 Å². The lowest BCUT2D eigenvalue weighted by molar-refractivity contribution is 0.198. The van der Waals surface area contributed by atoms with E-state index in [-0.39, 0.29) is 6.10 Å². The van der Waals surface area contributed by atoms with Crippen LogP contribution in [0.3, 0.4) is 0 Å². The number of aliphatic hydroxyl groups excluding tert-OH is 1. The van der Waals surface area contributed by atoms with E-state index < -0.39 is 0 Å². The number of ether oxygens (including phenoxy) is 1. The zero-order valence-electron chi connectivity index (χ0n) is 8.64. The lowest BCUT2D eigenvalue weighted by atomic mass is 10.3. The molecule has 3 N–H and O–H groups in total. The standard InChI is InChI=1S/C9H15N3O2S/c1-2-14-7-8(10)11-15-9(7)12-4-3-6(13)5-12/h6,13H,2-5H2,1H3,(H2,10,11). The molecular formula is C9H15N3O2S. The number of anilines is 2. The number of hydrogen-bond donors (Lipinski definition) is 2. The minimum absolute atomic E-state index is 0.247. The second-order valence-electron chi connectivity index (χ2n) is 3.52. The van der Waals surface area contributed by atoms with Crippen LogP contribution in [-0.4, -0.2) is 35.3 Å². The maximum Gasteiger partial charge on any atom is 0.197 e. The molecule has 0 bridgehead atoms. The molecule has 15 heavy (non-hydrogen) atoms. The molecule has 84 valence electrons. The second-order valence-corrected chi connectivity index (χ2v) is 4.28. The molecule has 1 aromatic rings. The smallest absolute Gasteiger partial charge is 0.197 e. The van der Waals surface area contributed by atoms with Gasteiger partial charge in [0.15, 0.2) is 16.6 Å². The Morgan fingerprint density at radius 2 is 2.53 bits per heavy atom. The summed E-state index contributed by atoms with van der Waals surface area (Å²) < 4.78 is 9.53. The molecule has 1 fully saturated rings. The lowest BCUT2D eigenvalue weighted by Crippen LogP contribution is -2.20. The average Bonchev–Trinajstić information content (AvgIpc) is 2.76. The molecule has 1 unspecified atom stereocenters. The SMILES string of the molecule is CCOc1c(N)nsc1N1CCC(O)C1. The predicted molar refractivity (Wildman–Crippen MR) is 60.5 cm³/mol. The van der Waals surface area contributed by atoms with Crippen LogP contribution in [0.25, 0.3) is 0 Å². The number of hydrogen-bond acceptors (Lipinski definition) is 6. The summed E-state index contributed by atoms with van der Waals surface area (Å²) in [6.45, 7) is 3.97. The van der Waals surface area contributed by atoms with Gasteiger partial charge < -0.3 is 20.5 Å². The van der Waals surface area contributed by atoms with E-state index in [1.165, 1.54) is 11.5 Å². The number of aliphatic hydroxyl groups is 1. The molecule has 1 atom stereocenters. The summed E-state index contributed by atoms with van der Waals surface area (Å²) in [5, 5.41) is 10.4. The molecule has 2 heterocycles. The van der Waals surface area contributed by atoms with Crippen LogP contribution in [0.4, 0.5) is 10.8 Å². The molecule has 6 heteroatoms. The molecule has 2 rings (SSSR count). The van der Waals surface area contributed by atoms with Gasteiger partial charge in [-0.2, -0.15) is 4.37 Å². The van der Waals surface area contributed by atoms with Crippen molar-refractivity contribution in [3.8, 4) is 5.75 Å². The minimum atomic E-state index is -0.247. The first kappa shape index (κ1) is 10.5. The third kappa shape index (κ3) is 2.00. The Morgan fingerprint density at radius 3 is 3.13 bits per heavy atom. The van der Waals surface area contributed by atoms with Gasteiger partial charge in [-0.15, -0.1) is 0 Å². The van der Waals surface area contributed by atoms with Gasteiger partial charge >= 0.3 is 0 Å². The summed E-state index contributed by atoms with van der Waals surface area (Å²) in [5.41, 5.74) is 5.71. The van der Waals surface area contributed by atoms with E-state index in [1.807, 2.05) is 6.92 Å². The highest BCUT2D eigenvalue weighted by atomic mass is 32.1. The Morgan fingerprint density at radius 1 is 1.73 bits per heavy atom. The van der Waals surface area contributed by atoms with E-state index in [1.54, 1.807) is 0 Å². The van der Waals surface area contributed by atoms with Crippen LogP contribution in [0, 0.1) is 0 Å². The zero-order valence-corrected chi connectivity index (χ0v) is 9.46. The second kappa shape index (κ2) is 4.24. The van der Waals surface area contributed by atoms with Crippen LogP contribution >= 0.6 is 11.5 Å². The first-order valence-corrected chi connectivity index (χ1v) is 5.80. The van der Waals surface area contributed by atoms with Crippen molar-refractivity contribution in [2.24, 2.45) is 0 Å². The largest absolute Gasteiger partial charge is 0.487 e. The van der Waals surface area contributed by atoms with Gasteiger partial charge in [-0.05, 0) is 24.9 Å². The molecular weight excluding hydrogens is 214 g/mol. The normalized spacial score (nSPS) is 20.9. The van der Waals surface area contributed by atoms with Crippen molar-refractivity contribution in [3.05, 3.63) is 0 Å². The van der Waals surface area contributed by atoms with E-state index in [9.17, 15) is 5.11 Å². The first-order valence-electron chi connectivity index (χ1n) is 5.03. The summed E-state index contributed by atoms with van der Waals surface area (Å²) in [5.74, 6) is 1.11. The molecule has 0 aliphatic carbocycles. The number of β-amino-alcohol motifs (C(OH)–C–C–N with tert-alkyl or cyclic N) is 1. The van der Waals surface area contributed by atoms with Crippen molar-refractivity contribution in [1.82, 2.24) is 4.37 Å². The fourth-order valence-corrected chi connectivity index (χ4v) is 2.49. The van der Waals surface area contributed by atoms with E-state index in [4.69, 9.17) is 10.5 Å². The highest BCUT2D eigenvalue weighted by Gasteiger charge is 2.26. The molecule has 1 aliphatic rings. The molecule has 0 aromatic carbocycles. The van der Waals surface area contributed by atoms with Crippen molar-refractivity contribution < 1.29 is 9.84 Å². The zero-order chi connectivity index (χ0) is 10.8. The maximum absolute atomic E-state index is 9.46. The molecule has 0 saturated carbocycles. The van der Waals surface area contributed by atoms with Crippen LogP contribution in [0.15, 0.2) is 0 Å². The third-order valence-corrected chi connectivity index (χ3v) is 3.30. The molecule has 1 aliphatic heterocycles. The summed E-state index contributed by atoms with van der Waals surface area (Å²) in [6, 6.07) is 0. The first-order chi connectivity index (χ1) is 7.22. The van der Waals surface area contributed by atoms with E-state index in [0.717, 1.165) is 18.0 Å². The summed E-state index contributed by atoms with van der Waals surface area (Å²) in [6.07, 6.45) is 0.548. The predicted octanol–water partition coefficient (Wildman–Crippen LogP) is 0.695. The van der Waals surface area contributed by atoms with Gasteiger partial charge in [0.25, 0.3) is 0 Å². The van der Waals surface area contributed by atoms with E-state index in [0.29, 0.717) is 24.7 Å². The van der Waals surface area contributed by atoms with Crippen LogP contribution in [0.1, 0.15) is 13.3 Å². The van der Waals surface area contributed by atoms with Crippen molar-refractivity contribution in [3.63, 3.8) is 0 Å². The van der Waals surface area contributed by atoms with Crippen LogP contribution in [0.5, 0.6) is 5.75 Å². The Kier molecular flexibility index (Phi) is 2.97. The summed E-state index contributed by atoms with van der Waals surface area (Å²) in [7, 11) is 0. The van der Waals surface area contributed by atoms with E-state index >= 15 is 0 Å². The number of nitrogens with two attached hydrogens (primary N) is 1. The van der Waals surface area contributed by atoms with Gasteiger partial charge in [0.1, 0.15) is 0 Å². The maximum atomic E-state index is 9.46. The Labute approximate surface area is 92.6 Å². The highest BCUT2D eigenvalue weighted by Crippen LogP contribution is 2.39. The van der Waals surface area contributed by atoms with Gasteiger partial charge in [0.2, 0.25) is 0 Å². The highest BCUT2D eigenvalue weighted by molar-refractivity contribution is 7.11. The molecule has 0 spiro atoms. The fourth-order valence-electron chi connectivity index (χ4n) is 1.69. The van der Waals surface area contributed by atoms with Crippen molar-refractivity contribution in [2.45, 2.75) is 19.4 Å². The van der Waals surface area contributed by atoms with Crippen molar-refractivity contribution in [1.29, 1.82) is 0 Å². The Hall–Kier alpha value is -1.01. The number of rotatable bonds is 3. The minimum Gasteiger partial charge on any atom is -0.487 e. The molecule has 1 saturated heterocycles. The van der Waals surface area contributed by atoms with E-state index in [2.05, 4.69) is 9.27 Å². The topological polar surface area (TPSA) is 71.6 Å². The Balaban J connectivity index is 2.20. The number of nitrogen functional groups attached to an aromatic ring is 1. The van der Waals surface area contributed by atoms with Crippen molar-refractivity contribution in [2.75, 3.05) is 30.3 Å². The van der Waals surface area contributed by atoms with Gasteiger partial charge in [-0.1, -0.05) is 0 Å². The quantitative estimate of drug-likeness (QED) is 0.798. The Bertz CT molecular complexity index is 342. The van der Waals surface area contributed by atoms with Crippen LogP contribution in [0.2, 0.25) is 0 Å². The lowest BCUT2D eigenvalue weighted by Gasteiger charge is -2.16. The third-order valence-electron chi connectivity index (χ3n) is 2.40. The number of nitrogens with zero attached hydrogens (tertiary/aromatic N) is 2.